The van der Waals surface area contributed by atoms with Gasteiger partial charge < -0.3 is 5.73 Å². The Kier molecular flexibility index (Phi) is 4.47. The predicted octanol–water partition coefficient (Wildman–Crippen LogP) is 3.87. The summed E-state index contributed by atoms with van der Waals surface area (Å²) in [6.45, 7) is 4.27. The number of rotatable bonds is 5. The zero-order valence-corrected chi connectivity index (χ0v) is 12.0. The average Bonchev–Trinajstić information content (AvgIpc) is 2.88. The van der Waals surface area contributed by atoms with E-state index in [1.54, 1.807) is 17.8 Å². The van der Waals surface area contributed by atoms with Crippen LogP contribution in [0.1, 0.15) is 32.0 Å². The molecule has 0 spiro atoms. The smallest absolute Gasteiger partial charge is 0.147 e. The van der Waals surface area contributed by atoms with Gasteiger partial charge >= 0.3 is 0 Å². The number of hydrogen-bond acceptors (Lipinski definition) is 3. The lowest BCUT2D eigenvalue weighted by molar-refractivity contribution is 0.475. The van der Waals surface area contributed by atoms with Gasteiger partial charge in [0.2, 0.25) is 0 Å². The van der Waals surface area contributed by atoms with Crippen LogP contribution in [-0.4, -0.2) is 9.78 Å². The SMILES string of the molecule is CCC(C)n1ccc(CSc2ccc(N)c(F)c2)n1. The first kappa shape index (κ1) is 13.9. The van der Waals surface area contributed by atoms with Gasteiger partial charge in [0.25, 0.3) is 0 Å². The van der Waals surface area contributed by atoms with Gasteiger partial charge in [-0.2, -0.15) is 5.10 Å². The Bertz CT molecular complexity index is 553. The minimum Gasteiger partial charge on any atom is -0.396 e. The minimum absolute atomic E-state index is 0.186. The third kappa shape index (κ3) is 3.50. The molecule has 0 saturated carbocycles. The lowest BCUT2D eigenvalue weighted by Gasteiger charge is -2.08. The van der Waals surface area contributed by atoms with Gasteiger partial charge in [-0.05, 0) is 37.6 Å². The van der Waals surface area contributed by atoms with Crippen LogP contribution in [0, 0.1) is 5.82 Å². The van der Waals surface area contributed by atoms with E-state index in [1.807, 2.05) is 23.0 Å². The lowest BCUT2D eigenvalue weighted by atomic mass is 10.3. The zero-order valence-electron chi connectivity index (χ0n) is 11.1. The summed E-state index contributed by atoms with van der Waals surface area (Å²) in [6.07, 6.45) is 3.05. The molecule has 0 amide bonds. The number of nitrogens with zero attached hydrogens (tertiary/aromatic N) is 2. The second-order valence-electron chi connectivity index (χ2n) is 4.52. The largest absolute Gasteiger partial charge is 0.396 e. The van der Waals surface area contributed by atoms with E-state index in [2.05, 4.69) is 18.9 Å². The molecule has 0 aliphatic carbocycles. The van der Waals surface area contributed by atoms with Crippen LogP contribution in [0.15, 0.2) is 35.4 Å². The first-order valence-corrected chi connectivity index (χ1v) is 7.30. The lowest BCUT2D eigenvalue weighted by Crippen LogP contribution is -2.04. The summed E-state index contributed by atoms with van der Waals surface area (Å²) in [7, 11) is 0. The van der Waals surface area contributed by atoms with Crippen molar-refractivity contribution >= 4 is 17.4 Å². The van der Waals surface area contributed by atoms with Crippen molar-refractivity contribution in [1.82, 2.24) is 9.78 Å². The molecule has 102 valence electrons. The molecule has 0 aliphatic rings. The molecule has 3 nitrogen and oxygen atoms in total. The zero-order chi connectivity index (χ0) is 13.8. The molecular formula is C14H18FN3S. The van der Waals surface area contributed by atoms with Gasteiger partial charge in [0.1, 0.15) is 5.82 Å². The summed E-state index contributed by atoms with van der Waals surface area (Å²) < 4.78 is 15.3. The maximum Gasteiger partial charge on any atom is 0.147 e. The van der Waals surface area contributed by atoms with E-state index in [4.69, 9.17) is 5.73 Å². The molecule has 19 heavy (non-hydrogen) atoms. The van der Waals surface area contributed by atoms with E-state index in [0.717, 1.165) is 22.8 Å². The van der Waals surface area contributed by atoms with E-state index in [-0.39, 0.29) is 11.5 Å². The van der Waals surface area contributed by atoms with Gasteiger partial charge in [-0.3, -0.25) is 4.68 Å². The predicted molar refractivity (Wildman–Crippen MR) is 77.6 cm³/mol. The minimum atomic E-state index is -0.366. The first-order valence-electron chi connectivity index (χ1n) is 6.32. The van der Waals surface area contributed by atoms with Gasteiger partial charge in [0.05, 0.1) is 11.4 Å². The summed E-state index contributed by atoms with van der Waals surface area (Å²) >= 11 is 1.56. The molecule has 0 saturated heterocycles. The summed E-state index contributed by atoms with van der Waals surface area (Å²) in [5.41, 5.74) is 6.64. The van der Waals surface area contributed by atoms with E-state index in [0.29, 0.717) is 6.04 Å². The van der Waals surface area contributed by atoms with E-state index in [9.17, 15) is 4.39 Å². The number of thioether (sulfide) groups is 1. The summed E-state index contributed by atoms with van der Waals surface area (Å²) in [4.78, 5) is 0.866. The number of nitrogens with two attached hydrogens (primary N) is 1. The van der Waals surface area contributed by atoms with Crippen LogP contribution in [0.2, 0.25) is 0 Å². The first-order chi connectivity index (χ1) is 9.10. The molecular weight excluding hydrogens is 261 g/mol. The molecule has 1 unspecified atom stereocenters. The molecule has 2 rings (SSSR count). The third-order valence-corrected chi connectivity index (χ3v) is 4.09. The maximum absolute atomic E-state index is 13.3. The Morgan fingerprint density at radius 1 is 1.42 bits per heavy atom. The number of anilines is 1. The van der Waals surface area contributed by atoms with Gasteiger partial charge in [-0.25, -0.2) is 4.39 Å². The summed E-state index contributed by atoms with van der Waals surface area (Å²) in [5.74, 6) is 0.363. The Labute approximate surface area is 117 Å². The number of aromatic nitrogens is 2. The highest BCUT2D eigenvalue weighted by Gasteiger charge is 2.06. The van der Waals surface area contributed by atoms with Gasteiger partial charge in [0, 0.05) is 22.9 Å². The van der Waals surface area contributed by atoms with Crippen LogP contribution in [0.5, 0.6) is 0 Å². The van der Waals surface area contributed by atoms with E-state index < -0.39 is 0 Å². The monoisotopic (exact) mass is 279 g/mol. The van der Waals surface area contributed by atoms with Crippen molar-refractivity contribution < 1.29 is 4.39 Å². The van der Waals surface area contributed by atoms with E-state index in [1.165, 1.54) is 6.07 Å². The molecule has 0 bridgehead atoms. The number of nitrogen functional groups attached to an aromatic ring is 1. The standard InChI is InChI=1S/C14H18FN3S/c1-3-10(2)18-7-6-11(17-18)9-19-12-4-5-14(16)13(15)8-12/h4-8,10H,3,9,16H2,1-2H3. The van der Waals surface area contributed by atoms with E-state index >= 15 is 0 Å². The van der Waals surface area contributed by atoms with Crippen molar-refractivity contribution in [2.75, 3.05) is 5.73 Å². The molecule has 5 heteroatoms. The van der Waals surface area contributed by atoms with Crippen molar-refractivity contribution in [3.63, 3.8) is 0 Å². The van der Waals surface area contributed by atoms with Crippen molar-refractivity contribution in [3.05, 3.63) is 42.0 Å². The van der Waals surface area contributed by atoms with Crippen molar-refractivity contribution in [1.29, 1.82) is 0 Å². The van der Waals surface area contributed by atoms with Crippen LogP contribution < -0.4 is 5.73 Å². The highest BCUT2D eigenvalue weighted by atomic mass is 32.2. The molecule has 2 aromatic rings. The van der Waals surface area contributed by atoms with Crippen LogP contribution in [0.25, 0.3) is 0 Å². The summed E-state index contributed by atoms with van der Waals surface area (Å²) in [5, 5.41) is 4.51. The molecule has 1 aromatic heterocycles. The fraction of sp³-hybridized carbons (Fsp3) is 0.357. The van der Waals surface area contributed by atoms with Crippen LogP contribution in [0.3, 0.4) is 0 Å². The van der Waals surface area contributed by atoms with Crippen LogP contribution in [0.4, 0.5) is 10.1 Å². The van der Waals surface area contributed by atoms with Crippen molar-refractivity contribution in [3.8, 4) is 0 Å². The maximum atomic E-state index is 13.3. The van der Waals surface area contributed by atoms with Crippen LogP contribution in [-0.2, 0) is 5.75 Å². The van der Waals surface area contributed by atoms with Crippen molar-refractivity contribution in [2.24, 2.45) is 0 Å². The highest BCUT2D eigenvalue weighted by Crippen LogP contribution is 2.25. The second kappa shape index (κ2) is 6.10. The molecule has 1 aromatic carbocycles. The van der Waals surface area contributed by atoms with Gasteiger partial charge in [-0.15, -0.1) is 11.8 Å². The average molecular weight is 279 g/mol. The number of benzene rings is 1. The topological polar surface area (TPSA) is 43.8 Å². The fourth-order valence-corrected chi connectivity index (χ4v) is 2.46. The van der Waals surface area contributed by atoms with Gasteiger partial charge in [-0.1, -0.05) is 6.92 Å². The highest BCUT2D eigenvalue weighted by molar-refractivity contribution is 7.98. The molecule has 2 N–H and O–H groups in total. The second-order valence-corrected chi connectivity index (χ2v) is 5.57. The van der Waals surface area contributed by atoms with Gasteiger partial charge in [0.15, 0.2) is 0 Å². The summed E-state index contributed by atoms with van der Waals surface area (Å²) in [6, 6.07) is 7.30. The van der Waals surface area contributed by atoms with Crippen molar-refractivity contribution in [2.45, 2.75) is 37.0 Å². The Morgan fingerprint density at radius 3 is 2.89 bits per heavy atom. The molecule has 0 aliphatic heterocycles. The molecule has 0 fully saturated rings. The quantitative estimate of drug-likeness (QED) is 0.667. The third-order valence-electron chi connectivity index (χ3n) is 3.06. The fourth-order valence-electron chi connectivity index (χ4n) is 1.64. The Balaban J connectivity index is 1.98. The molecule has 1 heterocycles. The Hall–Kier alpha value is -1.49. The molecule has 1 atom stereocenters. The van der Waals surface area contributed by atoms with Crippen LogP contribution >= 0.6 is 11.8 Å². The number of hydrogen-bond donors (Lipinski definition) is 1. The normalized spacial score (nSPS) is 12.6. The molecule has 0 radical (unpaired) electrons. The Morgan fingerprint density at radius 2 is 2.21 bits per heavy atom. The number of halogens is 1.